The summed E-state index contributed by atoms with van der Waals surface area (Å²) in [6.07, 6.45) is 3.25. The molecule has 0 aromatic carbocycles. The third kappa shape index (κ3) is 5.58. The molecule has 0 atom stereocenters. The van der Waals surface area contributed by atoms with Crippen molar-refractivity contribution in [2.75, 3.05) is 33.4 Å². The first kappa shape index (κ1) is 15.9. The standard InChI is InChI=1S/C14H24N2O3/c1-3-19-13-9-12(10-13)11-14(17)16(6-4-5-15)7-8-18-2/h12-13H,3-4,6-11H2,1-2H3. The topological polar surface area (TPSA) is 62.6 Å². The number of amides is 1. The van der Waals surface area contributed by atoms with Crippen molar-refractivity contribution < 1.29 is 14.3 Å². The van der Waals surface area contributed by atoms with E-state index in [-0.39, 0.29) is 5.91 Å². The van der Waals surface area contributed by atoms with E-state index in [1.54, 1.807) is 12.0 Å². The molecule has 108 valence electrons. The van der Waals surface area contributed by atoms with Gasteiger partial charge in [-0.1, -0.05) is 0 Å². The van der Waals surface area contributed by atoms with Gasteiger partial charge in [0.2, 0.25) is 5.91 Å². The van der Waals surface area contributed by atoms with Crippen LogP contribution in [0, 0.1) is 17.2 Å². The maximum absolute atomic E-state index is 12.1. The Morgan fingerprint density at radius 3 is 2.74 bits per heavy atom. The van der Waals surface area contributed by atoms with E-state index >= 15 is 0 Å². The predicted octanol–water partition coefficient (Wildman–Crippen LogP) is 1.58. The molecule has 0 spiro atoms. The van der Waals surface area contributed by atoms with Crippen LogP contribution in [0.5, 0.6) is 0 Å². The van der Waals surface area contributed by atoms with Crippen LogP contribution < -0.4 is 0 Å². The molecule has 0 N–H and O–H groups in total. The van der Waals surface area contributed by atoms with Crippen LogP contribution in [0.3, 0.4) is 0 Å². The highest BCUT2D eigenvalue weighted by atomic mass is 16.5. The molecule has 5 nitrogen and oxygen atoms in total. The van der Waals surface area contributed by atoms with Gasteiger partial charge in [-0.3, -0.25) is 4.79 Å². The van der Waals surface area contributed by atoms with Gasteiger partial charge >= 0.3 is 0 Å². The molecular weight excluding hydrogens is 244 g/mol. The van der Waals surface area contributed by atoms with Crippen LogP contribution in [-0.4, -0.2) is 50.3 Å². The molecule has 5 heteroatoms. The monoisotopic (exact) mass is 268 g/mol. The minimum Gasteiger partial charge on any atom is -0.383 e. The number of methoxy groups -OCH3 is 1. The lowest BCUT2D eigenvalue weighted by atomic mass is 9.79. The van der Waals surface area contributed by atoms with Crippen LogP contribution in [0.4, 0.5) is 0 Å². The highest BCUT2D eigenvalue weighted by molar-refractivity contribution is 5.76. The Labute approximate surface area is 115 Å². The molecule has 1 saturated carbocycles. The SMILES string of the molecule is CCOC1CC(CC(=O)N(CCC#N)CCOC)C1. The third-order valence-corrected chi connectivity index (χ3v) is 3.47. The summed E-state index contributed by atoms with van der Waals surface area (Å²) in [6.45, 7) is 4.32. The zero-order valence-electron chi connectivity index (χ0n) is 11.9. The fourth-order valence-electron chi connectivity index (χ4n) is 2.34. The first-order valence-corrected chi connectivity index (χ1v) is 6.96. The van der Waals surface area contributed by atoms with E-state index in [9.17, 15) is 4.79 Å². The van der Waals surface area contributed by atoms with Crippen LogP contribution in [0.25, 0.3) is 0 Å². The molecule has 1 amide bonds. The van der Waals surface area contributed by atoms with Gasteiger partial charge in [0.25, 0.3) is 0 Å². The van der Waals surface area contributed by atoms with Crippen molar-refractivity contribution in [3.8, 4) is 6.07 Å². The third-order valence-electron chi connectivity index (χ3n) is 3.47. The highest BCUT2D eigenvalue weighted by Crippen LogP contribution is 2.33. The average Bonchev–Trinajstić information content (AvgIpc) is 2.36. The summed E-state index contributed by atoms with van der Waals surface area (Å²) in [7, 11) is 1.62. The van der Waals surface area contributed by atoms with Gasteiger partial charge < -0.3 is 14.4 Å². The molecule has 0 heterocycles. The quantitative estimate of drug-likeness (QED) is 0.637. The van der Waals surface area contributed by atoms with Gasteiger partial charge in [-0.05, 0) is 25.7 Å². The zero-order chi connectivity index (χ0) is 14.1. The molecule has 0 saturated heterocycles. The lowest BCUT2D eigenvalue weighted by Gasteiger charge is -2.35. The Kier molecular flexibility index (Phi) is 7.46. The van der Waals surface area contributed by atoms with Crippen molar-refractivity contribution >= 4 is 5.91 Å². The van der Waals surface area contributed by atoms with E-state index in [1.807, 2.05) is 6.92 Å². The normalized spacial score (nSPS) is 21.5. The minimum atomic E-state index is 0.132. The Morgan fingerprint density at radius 2 is 2.16 bits per heavy atom. The van der Waals surface area contributed by atoms with Gasteiger partial charge in [-0.15, -0.1) is 0 Å². The fourth-order valence-corrected chi connectivity index (χ4v) is 2.34. The molecule has 0 radical (unpaired) electrons. The maximum atomic E-state index is 12.1. The van der Waals surface area contributed by atoms with Gasteiger partial charge in [-0.2, -0.15) is 5.26 Å². The summed E-state index contributed by atoms with van der Waals surface area (Å²) in [6, 6.07) is 2.08. The molecule has 1 fully saturated rings. The number of hydrogen-bond donors (Lipinski definition) is 0. The van der Waals surface area contributed by atoms with Gasteiger partial charge in [0.1, 0.15) is 0 Å². The van der Waals surface area contributed by atoms with Crippen LogP contribution >= 0.6 is 0 Å². The number of hydrogen-bond acceptors (Lipinski definition) is 4. The summed E-state index contributed by atoms with van der Waals surface area (Å²) >= 11 is 0. The van der Waals surface area contributed by atoms with E-state index in [2.05, 4.69) is 6.07 Å². The molecule has 0 aliphatic heterocycles. The maximum Gasteiger partial charge on any atom is 0.222 e. The number of ether oxygens (including phenoxy) is 2. The lowest BCUT2D eigenvalue weighted by molar-refractivity contribution is -0.135. The molecule has 0 aromatic heterocycles. The molecule has 1 aliphatic carbocycles. The molecular formula is C14H24N2O3. The van der Waals surface area contributed by atoms with E-state index in [1.165, 1.54) is 0 Å². The van der Waals surface area contributed by atoms with Gasteiger partial charge in [-0.25, -0.2) is 0 Å². The lowest BCUT2D eigenvalue weighted by Crippen LogP contribution is -2.39. The molecule has 1 rings (SSSR count). The second-order valence-electron chi connectivity index (χ2n) is 4.90. The van der Waals surface area contributed by atoms with Crippen molar-refractivity contribution in [3.05, 3.63) is 0 Å². The van der Waals surface area contributed by atoms with Crippen LogP contribution in [0.15, 0.2) is 0 Å². The highest BCUT2D eigenvalue weighted by Gasteiger charge is 2.32. The largest absolute Gasteiger partial charge is 0.383 e. The number of rotatable bonds is 9. The van der Waals surface area contributed by atoms with Crippen molar-refractivity contribution in [2.45, 2.75) is 38.7 Å². The van der Waals surface area contributed by atoms with Gasteiger partial charge in [0, 0.05) is 33.2 Å². The van der Waals surface area contributed by atoms with Crippen LogP contribution in [-0.2, 0) is 14.3 Å². The molecule has 0 unspecified atom stereocenters. The van der Waals surface area contributed by atoms with Gasteiger partial charge in [0.15, 0.2) is 0 Å². The Hall–Kier alpha value is -1.12. The molecule has 19 heavy (non-hydrogen) atoms. The van der Waals surface area contributed by atoms with Crippen molar-refractivity contribution in [1.82, 2.24) is 4.90 Å². The first-order valence-electron chi connectivity index (χ1n) is 6.96. The number of carbonyl (C=O) groups is 1. The summed E-state index contributed by atoms with van der Waals surface area (Å²) in [5.41, 5.74) is 0. The van der Waals surface area contributed by atoms with E-state index in [4.69, 9.17) is 14.7 Å². The van der Waals surface area contributed by atoms with E-state index in [0.717, 1.165) is 19.4 Å². The van der Waals surface area contributed by atoms with Crippen LogP contribution in [0.2, 0.25) is 0 Å². The average molecular weight is 268 g/mol. The molecule has 1 aliphatic rings. The van der Waals surface area contributed by atoms with Gasteiger partial charge in [0.05, 0.1) is 25.2 Å². The van der Waals surface area contributed by atoms with Crippen molar-refractivity contribution in [1.29, 1.82) is 5.26 Å². The second kappa shape index (κ2) is 8.89. The zero-order valence-corrected chi connectivity index (χ0v) is 11.9. The summed E-state index contributed by atoms with van der Waals surface area (Å²) in [4.78, 5) is 13.9. The summed E-state index contributed by atoms with van der Waals surface area (Å²) in [5.74, 6) is 0.573. The molecule has 0 bridgehead atoms. The Balaban J connectivity index is 2.29. The Bertz CT molecular complexity index is 308. The summed E-state index contributed by atoms with van der Waals surface area (Å²) < 4.78 is 10.5. The Morgan fingerprint density at radius 1 is 1.42 bits per heavy atom. The van der Waals surface area contributed by atoms with E-state index in [0.29, 0.717) is 44.6 Å². The minimum absolute atomic E-state index is 0.132. The van der Waals surface area contributed by atoms with Crippen molar-refractivity contribution in [3.63, 3.8) is 0 Å². The van der Waals surface area contributed by atoms with E-state index < -0.39 is 0 Å². The fraction of sp³-hybridized carbons (Fsp3) is 0.857. The number of carbonyl (C=O) groups excluding carboxylic acids is 1. The predicted molar refractivity (Wildman–Crippen MR) is 71.4 cm³/mol. The number of nitrogens with zero attached hydrogens (tertiary/aromatic N) is 2. The number of nitriles is 1. The summed E-state index contributed by atoms with van der Waals surface area (Å²) in [5, 5.41) is 8.62. The first-order chi connectivity index (χ1) is 9.21. The smallest absolute Gasteiger partial charge is 0.222 e. The van der Waals surface area contributed by atoms with Crippen molar-refractivity contribution in [2.24, 2.45) is 5.92 Å². The van der Waals surface area contributed by atoms with Crippen LogP contribution in [0.1, 0.15) is 32.6 Å². The second-order valence-corrected chi connectivity index (χ2v) is 4.90. The molecule has 0 aromatic rings.